The van der Waals surface area contributed by atoms with Crippen LogP contribution in [0.1, 0.15) is 47.2 Å². The number of carbonyl (C=O) groups excluding carboxylic acids is 1. The third-order valence-corrected chi connectivity index (χ3v) is 8.52. The average molecular weight is 568 g/mol. The van der Waals surface area contributed by atoms with Gasteiger partial charge in [0.15, 0.2) is 0 Å². The molecule has 1 atom stereocenters. The van der Waals surface area contributed by atoms with E-state index in [-0.39, 0.29) is 17.8 Å². The van der Waals surface area contributed by atoms with Crippen molar-refractivity contribution < 1.29 is 9.18 Å². The van der Waals surface area contributed by atoms with Crippen LogP contribution in [-0.4, -0.2) is 52.9 Å². The summed E-state index contributed by atoms with van der Waals surface area (Å²) in [7, 11) is 0. The van der Waals surface area contributed by atoms with Gasteiger partial charge in [0.05, 0.1) is 22.7 Å². The van der Waals surface area contributed by atoms with Gasteiger partial charge < -0.3 is 15.1 Å². The minimum atomic E-state index is -0.386. The van der Waals surface area contributed by atoms with Crippen LogP contribution in [-0.2, 0) is 6.54 Å². The fourth-order valence-corrected chi connectivity index (χ4v) is 6.21. The standard InChI is InChI=1S/C33H31ClFN5O/c34-30-17-26(35)11-9-25(30)20-37-32-18-29(33(41)40-15-3-4-27(40)21-39-13-1-2-14-39)28-16-24(10-12-31(28)38-32)23-7-5-22(19-36)6-8-23/h5-12,16-18,27H,1-4,13-15,20-21H2,(H,37,38)/t27-/m0/s1. The molecule has 2 fully saturated rings. The summed E-state index contributed by atoms with van der Waals surface area (Å²) in [5.74, 6) is 0.184. The molecule has 8 heteroatoms. The Balaban J connectivity index is 1.36. The zero-order valence-corrected chi connectivity index (χ0v) is 23.5. The summed E-state index contributed by atoms with van der Waals surface area (Å²) in [5.41, 5.74) is 4.56. The lowest BCUT2D eigenvalue weighted by Crippen LogP contribution is -2.42. The van der Waals surface area contributed by atoms with Crippen LogP contribution in [0, 0.1) is 17.1 Å². The van der Waals surface area contributed by atoms with Crippen LogP contribution in [0.3, 0.4) is 0 Å². The number of rotatable bonds is 7. The lowest BCUT2D eigenvalue weighted by molar-refractivity contribution is 0.0710. The van der Waals surface area contributed by atoms with Gasteiger partial charge in [-0.15, -0.1) is 0 Å². The number of benzene rings is 3. The molecule has 6 rings (SSSR count). The largest absolute Gasteiger partial charge is 0.366 e. The number of nitriles is 1. The second kappa shape index (κ2) is 11.9. The van der Waals surface area contributed by atoms with Crippen molar-refractivity contribution in [3.05, 3.63) is 94.3 Å². The van der Waals surface area contributed by atoms with Crippen LogP contribution in [0.4, 0.5) is 10.2 Å². The number of amides is 1. The molecule has 2 aliphatic heterocycles. The van der Waals surface area contributed by atoms with Gasteiger partial charge in [0.2, 0.25) is 0 Å². The third kappa shape index (κ3) is 5.90. The Labute approximate surface area is 244 Å². The van der Waals surface area contributed by atoms with Crippen molar-refractivity contribution >= 4 is 34.2 Å². The van der Waals surface area contributed by atoms with Crippen LogP contribution in [0.2, 0.25) is 5.02 Å². The van der Waals surface area contributed by atoms with E-state index in [0.29, 0.717) is 34.0 Å². The summed E-state index contributed by atoms with van der Waals surface area (Å²) >= 11 is 6.26. The molecule has 3 heterocycles. The highest BCUT2D eigenvalue weighted by Crippen LogP contribution is 2.31. The molecule has 2 saturated heterocycles. The Kier molecular flexibility index (Phi) is 7.86. The molecule has 1 amide bonds. The molecule has 2 aliphatic rings. The van der Waals surface area contributed by atoms with Crippen LogP contribution >= 0.6 is 11.6 Å². The van der Waals surface area contributed by atoms with Crippen molar-refractivity contribution in [2.75, 3.05) is 31.5 Å². The first-order valence-corrected chi connectivity index (χ1v) is 14.5. The summed E-state index contributed by atoms with van der Waals surface area (Å²) in [4.78, 5) is 23.6. The summed E-state index contributed by atoms with van der Waals surface area (Å²) in [6, 6.07) is 21.9. The highest BCUT2D eigenvalue weighted by molar-refractivity contribution is 6.31. The van der Waals surface area contributed by atoms with Crippen molar-refractivity contribution in [1.82, 2.24) is 14.8 Å². The number of pyridine rings is 1. The summed E-state index contributed by atoms with van der Waals surface area (Å²) in [6.45, 7) is 4.20. The number of nitrogens with zero attached hydrogens (tertiary/aromatic N) is 4. The first-order chi connectivity index (χ1) is 20.0. The van der Waals surface area contributed by atoms with E-state index in [1.54, 1.807) is 18.2 Å². The van der Waals surface area contributed by atoms with Crippen LogP contribution in [0.25, 0.3) is 22.0 Å². The van der Waals surface area contributed by atoms with Crippen LogP contribution in [0.5, 0.6) is 0 Å². The topological polar surface area (TPSA) is 72.3 Å². The molecule has 4 aromatic rings. The first-order valence-electron chi connectivity index (χ1n) is 14.1. The van der Waals surface area contributed by atoms with Crippen molar-refractivity contribution in [2.24, 2.45) is 0 Å². The van der Waals surface area contributed by atoms with Crippen molar-refractivity contribution in [3.63, 3.8) is 0 Å². The monoisotopic (exact) mass is 567 g/mol. The Hall–Kier alpha value is -3.99. The maximum absolute atomic E-state index is 14.2. The molecular formula is C33H31ClFN5O. The van der Waals surface area contributed by atoms with E-state index >= 15 is 0 Å². The predicted octanol–water partition coefficient (Wildman–Crippen LogP) is 6.88. The number of nitrogens with one attached hydrogen (secondary N) is 1. The Morgan fingerprint density at radius 1 is 1.00 bits per heavy atom. The molecule has 3 aromatic carbocycles. The second-order valence-electron chi connectivity index (χ2n) is 10.9. The lowest BCUT2D eigenvalue weighted by atomic mass is 9.99. The number of likely N-dealkylation sites (tertiary alicyclic amines) is 2. The van der Waals surface area contributed by atoms with Gasteiger partial charge in [-0.25, -0.2) is 9.37 Å². The Morgan fingerprint density at radius 3 is 2.54 bits per heavy atom. The number of aromatic nitrogens is 1. The van der Waals surface area contributed by atoms with Gasteiger partial charge in [-0.3, -0.25) is 4.79 Å². The molecule has 1 aromatic heterocycles. The number of fused-ring (bicyclic) bond motifs is 1. The summed E-state index contributed by atoms with van der Waals surface area (Å²) < 4.78 is 13.6. The normalized spacial score (nSPS) is 17.2. The Morgan fingerprint density at radius 2 is 1.78 bits per heavy atom. The smallest absolute Gasteiger partial charge is 0.254 e. The zero-order valence-electron chi connectivity index (χ0n) is 22.7. The number of anilines is 1. The molecule has 6 nitrogen and oxygen atoms in total. The van der Waals surface area contributed by atoms with Crippen molar-refractivity contribution in [2.45, 2.75) is 38.3 Å². The highest BCUT2D eigenvalue weighted by Gasteiger charge is 2.32. The molecule has 208 valence electrons. The molecule has 0 spiro atoms. The SMILES string of the molecule is N#Cc1ccc(-c2ccc3nc(NCc4ccc(F)cc4Cl)cc(C(=O)N4CCC[C@H]4CN4CCCC4)c3c2)cc1. The van der Waals surface area contributed by atoms with Gasteiger partial charge in [-0.1, -0.05) is 35.9 Å². The predicted molar refractivity (Wildman–Crippen MR) is 160 cm³/mol. The quantitative estimate of drug-likeness (QED) is 0.263. The minimum absolute atomic E-state index is 0.0129. The number of halogens is 2. The number of hydrogen-bond donors (Lipinski definition) is 1. The van der Waals surface area contributed by atoms with E-state index in [0.717, 1.165) is 61.1 Å². The zero-order chi connectivity index (χ0) is 28.3. The van der Waals surface area contributed by atoms with Gasteiger partial charge in [-0.2, -0.15) is 5.26 Å². The van der Waals surface area contributed by atoms with E-state index in [1.807, 2.05) is 41.3 Å². The first kappa shape index (κ1) is 27.2. The lowest BCUT2D eigenvalue weighted by Gasteiger charge is -2.29. The number of carbonyl (C=O) groups is 1. The van der Waals surface area contributed by atoms with E-state index in [9.17, 15) is 14.4 Å². The molecule has 0 radical (unpaired) electrons. The Bertz CT molecular complexity index is 1630. The third-order valence-electron chi connectivity index (χ3n) is 8.17. The molecular weight excluding hydrogens is 537 g/mol. The molecule has 0 unspecified atom stereocenters. The summed E-state index contributed by atoms with van der Waals surface area (Å²) in [5, 5.41) is 13.6. The summed E-state index contributed by atoms with van der Waals surface area (Å²) in [6.07, 6.45) is 4.45. The van der Waals surface area contributed by atoms with Gasteiger partial charge in [0.25, 0.3) is 5.91 Å². The van der Waals surface area contributed by atoms with E-state index < -0.39 is 0 Å². The molecule has 41 heavy (non-hydrogen) atoms. The van der Waals surface area contributed by atoms with Gasteiger partial charge in [0, 0.05) is 36.1 Å². The van der Waals surface area contributed by atoms with E-state index in [4.69, 9.17) is 16.6 Å². The second-order valence-corrected chi connectivity index (χ2v) is 11.3. The van der Waals surface area contributed by atoms with Crippen LogP contribution < -0.4 is 5.32 Å². The minimum Gasteiger partial charge on any atom is -0.366 e. The highest BCUT2D eigenvalue weighted by atomic mass is 35.5. The van der Waals surface area contributed by atoms with Crippen LogP contribution in [0.15, 0.2) is 66.7 Å². The van der Waals surface area contributed by atoms with Crippen molar-refractivity contribution in [1.29, 1.82) is 5.26 Å². The van der Waals surface area contributed by atoms with Gasteiger partial charge in [-0.05, 0) is 97.9 Å². The van der Waals surface area contributed by atoms with Gasteiger partial charge in [0.1, 0.15) is 11.6 Å². The maximum Gasteiger partial charge on any atom is 0.254 e. The van der Waals surface area contributed by atoms with Gasteiger partial charge >= 0.3 is 0 Å². The molecule has 1 N–H and O–H groups in total. The fourth-order valence-electron chi connectivity index (χ4n) is 5.97. The molecule has 0 saturated carbocycles. The van der Waals surface area contributed by atoms with E-state index in [2.05, 4.69) is 16.3 Å². The number of hydrogen-bond acceptors (Lipinski definition) is 5. The molecule has 0 bridgehead atoms. The maximum atomic E-state index is 14.2. The van der Waals surface area contributed by atoms with E-state index in [1.165, 1.54) is 25.0 Å². The fraction of sp³-hybridized carbons (Fsp3) is 0.303. The average Bonchev–Trinajstić information content (AvgIpc) is 3.68. The van der Waals surface area contributed by atoms with Crippen molar-refractivity contribution in [3.8, 4) is 17.2 Å². The molecule has 0 aliphatic carbocycles.